The van der Waals surface area contributed by atoms with E-state index in [9.17, 15) is 9.90 Å². The SMILES string of the molecule is CCCC(CCOCc1ccccc1)Oc1nc(N(Cc2ccc(OC)cc2OC)Cc2ccc(OC)cc2OC)c2ncc(C(O)c3ccc(OCCN(C)C(=O)OC(C)(C)C)cc3F)n2n1. The summed E-state index contributed by atoms with van der Waals surface area (Å²) in [4.78, 5) is 25.6. The van der Waals surface area contributed by atoms with Gasteiger partial charge >= 0.3 is 12.1 Å². The van der Waals surface area contributed by atoms with E-state index in [1.807, 2.05) is 59.5 Å². The number of amides is 1. The minimum absolute atomic E-state index is 0.00872. The molecule has 2 aromatic heterocycles. The van der Waals surface area contributed by atoms with E-state index < -0.39 is 23.6 Å². The average Bonchev–Trinajstić information content (AvgIpc) is 3.76. The van der Waals surface area contributed by atoms with Gasteiger partial charge in [0.05, 0.1) is 60.1 Å². The van der Waals surface area contributed by atoms with E-state index in [2.05, 4.69) is 6.92 Å². The monoisotopic (exact) mass is 938 g/mol. The Hall–Kier alpha value is -6.85. The lowest BCUT2D eigenvalue weighted by atomic mass is 10.1. The molecule has 2 unspecified atom stereocenters. The number of imidazole rings is 1. The van der Waals surface area contributed by atoms with Crippen molar-refractivity contribution in [1.82, 2.24) is 24.5 Å². The molecule has 0 saturated carbocycles. The third kappa shape index (κ3) is 13.4. The number of methoxy groups -OCH3 is 4. The first-order chi connectivity index (χ1) is 32.7. The molecule has 0 aliphatic rings. The molecule has 6 rings (SSSR count). The Labute approximate surface area is 397 Å². The van der Waals surface area contributed by atoms with E-state index in [0.29, 0.717) is 54.9 Å². The smallest absolute Gasteiger partial charge is 0.410 e. The van der Waals surface area contributed by atoms with E-state index in [-0.39, 0.29) is 61.0 Å². The molecule has 4 aromatic carbocycles. The quantitative estimate of drug-likeness (QED) is 0.0573. The number of carbonyl (C=O) groups is 1. The van der Waals surface area contributed by atoms with Gasteiger partial charge in [0.15, 0.2) is 11.5 Å². The van der Waals surface area contributed by atoms with Crippen LogP contribution in [0.2, 0.25) is 0 Å². The number of rotatable bonds is 24. The maximum Gasteiger partial charge on any atom is 0.410 e. The summed E-state index contributed by atoms with van der Waals surface area (Å²) in [6, 6.07) is 25.3. The van der Waals surface area contributed by atoms with Crippen LogP contribution >= 0.6 is 0 Å². The van der Waals surface area contributed by atoms with Gasteiger partial charge in [0, 0.05) is 61.4 Å². The number of ether oxygens (including phenoxy) is 8. The summed E-state index contributed by atoms with van der Waals surface area (Å²) in [6.07, 6.45) is 1.09. The fraction of sp³-hybridized carbons (Fsp3) is 0.412. The van der Waals surface area contributed by atoms with Crippen LogP contribution in [0.25, 0.3) is 5.65 Å². The molecule has 2 atom stereocenters. The van der Waals surface area contributed by atoms with Gasteiger partial charge in [-0.25, -0.2) is 18.7 Å². The van der Waals surface area contributed by atoms with Gasteiger partial charge in [-0.15, -0.1) is 5.10 Å². The van der Waals surface area contributed by atoms with Crippen molar-refractivity contribution in [2.75, 3.05) is 60.1 Å². The zero-order chi connectivity index (χ0) is 48.8. The Morgan fingerprint density at radius 1 is 0.824 bits per heavy atom. The summed E-state index contributed by atoms with van der Waals surface area (Å²) in [7, 11) is 7.95. The van der Waals surface area contributed by atoms with Crippen molar-refractivity contribution in [1.29, 1.82) is 0 Å². The van der Waals surface area contributed by atoms with Crippen LogP contribution in [0.3, 0.4) is 0 Å². The van der Waals surface area contributed by atoms with Gasteiger partial charge < -0.3 is 52.8 Å². The molecule has 364 valence electrons. The third-order valence-electron chi connectivity index (χ3n) is 10.9. The summed E-state index contributed by atoms with van der Waals surface area (Å²) in [6.45, 7) is 9.06. The van der Waals surface area contributed by atoms with Crippen LogP contribution in [0.5, 0.6) is 34.8 Å². The number of hydrogen-bond donors (Lipinski definition) is 1. The van der Waals surface area contributed by atoms with Crippen molar-refractivity contribution in [2.24, 2.45) is 0 Å². The number of aromatic nitrogens is 4. The van der Waals surface area contributed by atoms with Crippen molar-refractivity contribution in [3.05, 3.63) is 125 Å². The Morgan fingerprint density at radius 2 is 1.47 bits per heavy atom. The van der Waals surface area contributed by atoms with Crippen LogP contribution in [0.1, 0.15) is 81.0 Å². The van der Waals surface area contributed by atoms with Crippen LogP contribution in [-0.4, -0.2) is 103 Å². The van der Waals surface area contributed by atoms with Gasteiger partial charge in [0.2, 0.25) is 0 Å². The van der Waals surface area contributed by atoms with Gasteiger partial charge in [-0.2, -0.15) is 4.98 Å². The maximum atomic E-state index is 16.1. The second-order valence-corrected chi connectivity index (χ2v) is 17.0. The Bertz CT molecular complexity index is 2510. The van der Waals surface area contributed by atoms with Crippen LogP contribution in [-0.2, 0) is 29.2 Å². The molecule has 2 heterocycles. The van der Waals surface area contributed by atoms with Crippen LogP contribution in [0.4, 0.5) is 15.0 Å². The number of likely N-dealkylation sites (N-methyl/N-ethyl adjacent to an activating group) is 1. The fourth-order valence-corrected chi connectivity index (χ4v) is 7.32. The van der Waals surface area contributed by atoms with Gasteiger partial charge in [-0.05, 0) is 69.2 Å². The molecule has 0 fully saturated rings. The maximum absolute atomic E-state index is 16.1. The van der Waals surface area contributed by atoms with E-state index in [1.54, 1.807) is 74.5 Å². The van der Waals surface area contributed by atoms with E-state index in [1.165, 1.54) is 27.7 Å². The predicted molar refractivity (Wildman–Crippen MR) is 255 cm³/mol. The van der Waals surface area contributed by atoms with Crippen LogP contribution in [0, 0.1) is 5.82 Å². The molecule has 0 spiro atoms. The number of aliphatic hydroxyl groups excluding tert-OH is 1. The van der Waals surface area contributed by atoms with Crippen molar-refractivity contribution >= 4 is 17.6 Å². The largest absolute Gasteiger partial charge is 0.497 e. The van der Waals surface area contributed by atoms with Crippen molar-refractivity contribution in [3.8, 4) is 34.8 Å². The van der Waals surface area contributed by atoms with Gasteiger partial charge in [-0.1, -0.05) is 43.7 Å². The summed E-state index contributed by atoms with van der Waals surface area (Å²) < 4.78 is 64.1. The number of halogens is 1. The second-order valence-electron chi connectivity index (χ2n) is 17.0. The number of aliphatic hydroxyl groups is 1. The highest BCUT2D eigenvalue weighted by atomic mass is 19.1. The van der Waals surface area contributed by atoms with Gasteiger partial charge in [0.1, 0.15) is 59.0 Å². The van der Waals surface area contributed by atoms with Crippen LogP contribution in [0.15, 0.2) is 91.1 Å². The van der Waals surface area contributed by atoms with E-state index >= 15 is 4.39 Å². The molecule has 6 aromatic rings. The lowest BCUT2D eigenvalue weighted by Crippen LogP contribution is -2.36. The number of nitrogens with zero attached hydrogens (tertiary/aromatic N) is 6. The molecule has 1 amide bonds. The fourth-order valence-electron chi connectivity index (χ4n) is 7.32. The second kappa shape index (κ2) is 23.7. The number of carbonyl (C=O) groups excluding carboxylic acids is 1. The van der Waals surface area contributed by atoms with E-state index in [4.69, 9.17) is 53.0 Å². The molecule has 0 bridgehead atoms. The summed E-state index contributed by atoms with van der Waals surface area (Å²) >= 11 is 0. The first-order valence-corrected chi connectivity index (χ1v) is 22.5. The molecule has 0 aliphatic carbocycles. The summed E-state index contributed by atoms with van der Waals surface area (Å²) in [5.41, 5.74) is 2.38. The van der Waals surface area contributed by atoms with Gasteiger partial charge in [-0.3, -0.25) is 0 Å². The highest BCUT2D eigenvalue weighted by molar-refractivity contribution is 5.68. The minimum Gasteiger partial charge on any atom is -0.497 e. The molecule has 68 heavy (non-hydrogen) atoms. The standard InChI is InChI=1S/C51H63FN6O10/c1-10-14-37(23-25-65-33-34-15-12-11-13-16-34)67-49-54-48(57(31-35-17-19-38(61-6)28-44(35)63-8)32-36-18-20-39(62-7)29-45(36)64-9)47-53-30-43(58(47)55-49)46(59)41-22-21-40(27-42(41)52)66-26-24-56(5)50(60)68-51(2,3)4/h11-13,15-22,27-30,37,46,59H,10,14,23-26,31-33H2,1-9H3. The lowest BCUT2D eigenvalue weighted by molar-refractivity contribution is 0.0278. The lowest BCUT2D eigenvalue weighted by Gasteiger charge is -2.27. The zero-order valence-corrected chi connectivity index (χ0v) is 40.4. The van der Waals surface area contributed by atoms with E-state index in [0.717, 1.165) is 23.1 Å². The predicted octanol–water partition coefficient (Wildman–Crippen LogP) is 8.99. The summed E-state index contributed by atoms with van der Waals surface area (Å²) in [5.74, 6) is 2.22. The van der Waals surface area contributed by atoms with Crippen LogP contribution < -0.4 is 33.3 Å². The van der Waals surface area contributed by atoms with Crippen molar-refractivity contribution in [3.63, 3.8) is 0 Å². The molecule has 16 nitrogen and oxygen atoms in total. The minimum atomic E-state index is -1.54. The Balaban J connectivity index is 1.38. The number of fused-ring (bicyclic) bond motifs is 1. The molecular weight excluding hydrogens is 876 g/mol. The number of hydrogen-bond acceptors (Lipinski definition) is 14. The molecule has 1 N–H and O–H groups in total. The summed E-state index contributed by atoms with van der Waals surface area (Å²) in [5, 5.41) is 16.8. The molecule has 17 heteroatoms. The molecule has 0 radical (unpaired) electrons. The molecule has 0 saturated heterocycles. The Kier molecular flexibility index (Phi) is 17.7. The highest BCUT2D eigenvalue weighted by Crippen LogP contribution is 2.35. The van der Waals surface area contributed by atoms with Crippen molar-refractivity contribution in [2.45, 2.75) is 84.5 Å². The number of anilines is 1. The normalized spacial score (nSPS) is 12.3. The average molecular weight is 939 g/mol. The topological polar surface area (TPSA) is 161 Å². The first-order valence-electron chi connectivity index (χ1n) is 22.5. The first kappa shape index (κ1) is 50.6. The number of benzene rings is 4. The molecular formula is C51H63FN6O10. The van der Waals surface area contributed by atoms with Crippen molar-refractivity contribution < 1.29 is 52.2 Å². The zero-order valence-electron chi connectivity index (χ0n) is 40.4. The Morgan fingerprint density at radius 3 is 2.06 bits per heavy atom. The third-order valence-corrected chi connectivity index (χ3v) is 10.9. The highest BCUT2D eigenvalue weighted by Gasteiger charge is 2.28. The van der Waals surface area contributed by atoms with Gasteiger partial charge in [0.25, 0.3) is 0 Å². The molecule has 0 aliphatic heterocycles.